The highest BCUT2D eigenvalue weighted by Gasteiger charge is 2.41. The Balaban J connectivity index is 1.68. The summed E-state index contributed by atoms with van der Waals surface area (Å²) in [5.41, 5.74) is 0.303. The number of carbonyl (C=O) groups is 4. The number of anilines is 1. The van der Waals surface area contributed by atoms with Crippen LogP contribution >= 0.6 is 0 Å². The van der Waals surface area contributed by atoms with Crippen LogP contribution in [0.3, 0.4) is 0 Å². The highest BCUT2D eigenvalue weighted by atomic mass is 16.6. The average Bonchev–Trinajstić information content (AvgIpc) is 2.98. The molecular weight excluding hydrogens is 518 g/mol. The third kappa shape index (κ3) is 6.36. The van der Waals surface area contributed by atoms with E-state index in [0.717, 1.165) is 5.39 Å². The number of rotatable bonds is 10. The molecule has 0 aliphatic rings. The van der Waals surface area contributed by atoms with Crippen molar-refractivity contribution in [2.75, 3.05) is 19.5 Å². The van der Waals surface area contributed by atoms with Crippen molar-refractivity contribution in [1.29, 1.82) is 0 Å². The molecule has 2 atom stereocenters. The minimum atomic E-state index is -2.19. The Labute approximate surface area is 229 Å². The Morgan fingerprint density at radius 2 is 1.20 bits per heavy atom. The molecule has 0 saturated carbocycles. The predicted molar refractivity (Wildman–Crippen MR) is 145 cm³/mol. The number of carboxylic acids is 1. The molecule has 1 amide bonds. The van der Waals surface area contributed by atoms with Gasteiger partial charge in [0.1, 0.15) is 11.5 Å². The molecular formula is C30H25NO9. The zero-order chi connectivity index (χ0) is 28.6. The van der Waals surface area contributed by atoms with Crippen LogP contribution in [-0.2, 0) is 19.1 Å². The number of carboxylic acid groups (broad SMARTS) is 1. The average molecular weight is 544 g/mol. The minimum absolute atomic E-state index is 0.00873. The fourth-order valence-corrected chi connectivity index (χ4v) is 3.90. The van der Waals surface area contributed by atoms with Crippen LogP contribution in [0.4, 0.5) is 5.69 Å². The fraction of sp³-hybridized carbons (Fsp3) is 0.133. The largest absolute Gasteiger partial charge is 0.497 e. The molecule has 4 aromatic rings. The van der Waals surface area contributed by atoms with Crippen LogP contribution in [0.2, 0.25) is 0 Å². The lowest BCUT2D eigenvalue weighted by atomic mass is 10.1. The van der Waals surface area contributed by atoms with Gasteiger partial charge in [0.25, 0.3) is 5.91 Å². The van der Waals surface area contributed by atoms with Crippen LogP contribution in [0, 0.1) is 0 Å². The molecule has 4 rings (SSSR count). The first-order chi connectivity index (χ1) is 19.3. The van der Waals surface area contributed by atoms with E-state index in [2.05, 4.69) is 5.32 Å². The van der Waals surface area contributed by atoms with E-state index in [4.69, 9.17) is 18.9 Å². The minimum Gasteiger partial charge on any atom is -0.497 e. The Kier molecular flexibility index (Phi) is 8.60. The lowest BCUT2D eigenvalue weighted by Crippen LogP contribution is -2.48. The number of amides is 1. The first kappa shape index (κ1) is 27.6. The Morgan fingerprint density at radius 1 is 0.675 bits per heavy atom. The summed E-state index contributed by atoms with van der Waals surface area (Å²) < 4.78 is 20.8. The van der Waals surface area contributed by atoms with Crippen molar-refractivity contribution in [3.8, 4) is 11.5 Å². The highest BCUT2D eigenvalue weighted by Crippen LogP contribution is 2.25. The Bertz CT molecular complexity index is 1560. The highest BCUT2D eigenvalue weighted by molar-refractivity contribution is 6.06. The zero-order valence-electron chi connectivity index (χ0n) is 21.5. The van der Waals surface area contributed by atoms with Gasteiger partial charge in [-0.15, -0.1) is 0 Å². The third-order valence-corrected chi connectivity index (χ3v) is 5.90. The van der Waals surface area contributed by atoms with Gasteiger partial charge in [-0.05, 0) is 47.9 Å². The molecule has 0 unspecified atom stereocenters. The van der Waals surface area contributed by atoms with Gasteiger partial charge in [-0.2, -0.15) is 0 Å². The fourth-order valence-electron chi connectivity index (χ4n) is 3.90. The summed E-state index contributed by atoms with van der Waals surface area (Å²) >= 11 is 0. The summed E-state index contributed by atoms with van der Waals surface area (Å²) in [4.78, 5) is 51.8. The molecule has 4 aromatic carbocycles. The van der Waals surface area contributed by atoms with Gasteiger partial charge in [-0.1, -0.05) is 48.5 Å². The summed E-state index contributed by atoms with van der Waals surface area (Å²) in [5, 5.41) is 14.1. The topological polar surface area (TPSA) is 137 Å². The molecule has 0 heterocycles. The van der Waals surface area contributed by atoms with Gasteiger partial charge >= 0.3 is 17.9 Å². The van der Waals surface area contributed by atoms with E-state index < -0.39 is 36.0 Å². The van der Waals surface area contributed by atoms with E-state index >= 15 is 0 Å². The Morgan fingerprint density at radius 3 is 1.77 bits per heavy atom. The van der Waals surface area contributed by atoms with Crippen molar-refractivity contribution in [3.05, 3.63) is 102 Å². The number of aliphatic carboxylic acids is 1. The molecule has 0 saturated heterocycles. The standard InChI is InChI=1S/C30H25NO9/c1-37-21-12-5-10-19(16-21)29(35)39-25(27(32)31-24-15-7-9-18-8-3-4-14-23(18)24)26(28(33)34)40-30(36)20-11-6-13-22(17-20)38-2/h3-17,25-26H,1-2H3,(H,31,32)(H,33,34)/t25-,26+/m0/s1. The number of esters is 2. The van der Waals surface area contributed by atoms with E-state index in [1.807, 2.05) is 18.2 Å². The molecule has 0 aliphatic carbocycles. The lowest BCUT2D eigenvalue weighted by molar-refractivity contribution is -0.157. The van der Waals surface area contributed by atoms with Crippen molar-refractivity contribution in [2.45, 2.75) is 12.2 Å². The number of nitrogens with one attached hydrogen (secondary N) is 1. The van der Waals surface area contributed by atoms with Gasteiger partial charge in [-0.25, -0.2) is 14.4 Å². The van der Waals surface area contributed by atoms with Gasteiger partial charge in [0.05, 0.1) is 25.3 Å². The van der Waals surface area contributed by atoms with Crippen LogP contribution < -0.4 is 14.8 Å². The maximum atomic E-state index is 13.5. The first-order valence-corrected chi connectivity index (χ1v) is 12.0. The van der Waals surface area contributed by atoms with Crippen LogP contribution in [0.25, 0.3) is 10.8 Å². The maximum absolute atomic E-state index is 13.5. The molecule has 0 aromatic heterocycles. The van der Waals surface area contributed by atoms with Gasteiger partial charge in [-0.3, -0.25) is 4.79 Å². The van der Waals surface area contributed by atoms with Crippen LogP contribution in [-0.4, -0.2) is 55.3 Å². The van der Waals surface area contributed by atoms with Gasteiger partial charge in [0.2, 0.25) is 12.2 Å². The second-order valence-corrected chi connectivity index (χ2v) is 8.47. The normalized spacial score (nSPS) is 12.1. The second-order valence-electron chi connectivity index (χ2n) is 8.47. The quantitative estimate of drug-likeness (QED) is 0.280. The summed E-state index contributed by atoms with van der Waals surface area (Å²) in [7, 11) is 2.81. The van der Waals surface area contributed by atoms with E-state index in [9.17, 15) is 24.3 Å². The summed E-state index contributed by atoms with van der Waals surface area (Å²) in [5.74, 6) is -4.14. The summed E-state index contributed by atoms with van der Waals surface area (Å²) in [6.45, 7) is 0. The monoisotopic (exact) mass is 543 g/mol. The molecule has 0 spiro atoms. The molecule has 10 nitrogen and oxygen atoms in total. The van der Waals surface area contributed by atoms with Crippen LogP contribution in [0.1, 0.15) is 20.7 Å². The lowest BCUT2D eigenvalue weighted by Gasteiger charge is -2.24. The van der Waals surface area contributed by atoms with Gasteiger partial charge in [0, 0.05) is 11.1 Å². The van der Waals surface area contributed by atoms with Crippen LogP contribution in [0.5, 0.6) is 11.5 Å². The van der Waals surface area contributed by atoms with E-state index in [0.29, 0.717) is 22.6 Å². The molecule has 0 bridgehead atoms. The number of fused-ring (bicyclic) bond motifs is 1. The molecule has 0 radical (unpaired) electrons. The third-order valence-electron chi connectivity index (χ3n) is 5.90. The summed E-state index contributed by atoms with van der Waals surface area (Å²) in [6, 6.07) is 24.1. The van der Waals surface area contributed by atoms with E-state index in [1.165, 1.54) is 50.6 Å². The molecule has 40 heavy (non-hydrogen) atoms. The zero-order valence-corrected chi connectivity index (χ0v) is 21.5. The number of hydrogen-bond acceptors (Lipinski definition) is 8. The van der Waals surface area contributed by atoms with Crippen molar-refractivity contribution in [3.63, 3.8) is 0 Å². The smallest absolute Gasteiger partial charge is 0.349 e. The van der Waals surface area contributed by atoms with Crippen molar-refractivity contribution >= 4 is 40.3 Å². The van der Waals surface area contributed by atoms with E-state index in [-0.39, 0.29) is 11.1 Å². The number of ether oxygens (including phenoxy) is 4. The van der Waals surface area contributed by atoms with Gasteiger partial charge in [0.15, 0.2) is 0 Å². The van der Waals surface area contributed by atoms with E-state index in [1.54, 1.807) is 36.4 Å². The SMILES string of the molecule is COc1cccc(C(=O)O[C@H](C(=O)Nc2cccc3ccccc23)[C@@H](OC(=O)c2cccc(OC)c2)C(=O)O)c1. The van der Waals surface area contributed by atoms with Gasteiger partial charge < -0.3 is 29.4 Å². The molecule has 0 fully saturated rings. The molecule has 2 N–H and O–H groups in total. The van der Waals surface area contributed by atoms with Crippen molar-refractivity contribution in [1.82, 2.24) is 0 Å². The number of methoxy groups -OCH3 is 2. The second kappa shape index (κ2) is 12.4. The van der Waals surface area contributed by atoms with Crippen LogP contribution in [0.15, 0.2) is 91.0 Å². The molecule has 0 aliphatic heterocycles. The molecule has 204 valence electrons. The molecule has 10 heteroatoms. The number of hydrogen-bond donors (Lipinski definition) is 2. The maximum Gasteiger partial charge on any atom is 0.349 e. The Hall–Kier alpha value is -5.38. The van der Waals surface area contributed by atoms with Crippen molar-refractivity contribution in [2.24, 2.45) is 0 Å². The first-order valence-electron chi connectivity index (χ1n) is 12.0. The number of carbonyl (C=O) groups excluding carboxylic acids is 3. The summed E-state index contributed by atoms with van der Waals surface area (Å²) in [6.07, 6.45) is -4.26. The van der Waals surface area contributed by atoms with Crippen molar-refractivity contribution < 1.29 is 43.2 Å². The predicted octanol–water partition coefficient (Wildman–Crippen LogP) is 4.33. The number of benzene rings is 4.